The molecule has 95 heavy (non-hydrogen) atoms. The van der Waals surface area contributed by atoms with Gasteiger partial charge in [-0.25, -0.2) is 4.79 Å². The minimum absolute atomic E-state index is 0.175. The predicted octanol–water partition coefficient (Wildman–Crippen LogP) is 24.1. The lowest BCUT2D eigenvalue weighted by atomic mass is 10.0. The van der Waals surface area contributed by atoms with Gasteiger partial charge in [0.25, 0.3) is 6.29 Å². The molecule has 0 radical (unpaired) electrons. The lowest BCUT2D eigenvalue weighted by Gasteiger charge is -2.25. The van der Waals surface area contributed by atoms with Gasteiger partial charge in [-0.3, -0.25) is 9.59 Å². The lowest BCUT2D eigenvalue weighted by molar-refractivity contribution is -0.870. The molecule has 9 heteroatoms. The number of carbonyl (C=O) groups is 3. The summed E-state index contributed by atoms with van der Waals surface area (Å²) in [6.45, 7) is 4.62. The fraction of sp³-hybridized carbons (Fsp3) is 0.593. The number of esters is 2. The molecular formula is C86H138NO8+. The van der Waals surface area contributed by atoms with E-state index in [1.807, 2.05) is 21.1 Å². The van der Waals surface area contributed by atoms with Crippen LogP contribution < -0.4 is 0 Å². The number of likely N-dealkylation sites (N-methyl/N-ethyl adjacent to an activating group) is 1. The molecule has 0 rings (SSSR count). The third-order valence-corrected chi connectivity index (χ3v) is 15.3. The van der Waals surface area contributed by atoms with Crippen LogP contribution in [0.4, 0.5) is 0 Å². The van der Waals surface area contributed by atoms with Gasteiger partial charge < -0.3 is 28.5 Å². The van der Waals surface area contributed by atoms with Crippen LogP contribution in [0.25, 0.3) is 0 Å². The number of nitrogens with zero attached hydrogens (tertiary/aromatic N) is 1. The van der Waals surface area contributed by atoms with E-state index in [9.17, 15) is 19.5 Å². The fourth-order valence-electron chi connectivity index (χ4n) is 9.69. The number of allylic oxidation sites excluding steroid dienone is 32. The van der Waals surface area contributed by atoms with Crippen molar-refractivity contribution in [2.24, 2.45) is 0 Å². The highest BCUT2D eigenvalue weighted by Crippen LogP contribution is 2.16. The lowest BCUT2D eigenvalue weighted by Crippen LogP contribution is -2.40. The van der Waals surface area contributed by atoms with E-state index in [1.54, 1.807) is 0 Å². The van der Waals surface area contributed by atoms with Gasteiger partial charge in [-0.2, -0.15) is 0 Å². The maximum atomic E-state index is 13.0. The van der Waals surface area contributed by atoms with Crippen molar-refractivity contribution in [3.05, 3.63) is 194 Å². The third-order valence-electron chi connectivity index (χ3n) is 15.3. The summed E-state index contributed by atoms with van der Waals surface area (Å²) < 4.78 is 23.0. The molecule has 0 heterocycles. The van der Waals surface area contributed by atoms with Gasteiger partial charge in [-0.1, -0.05) is 311 Å². The predicted molar refractivity (Wildman–Crippen MR) is 409 cm³/mol. The Morgan fingerprint density at radius 3 is 0.842 bits per heavy atom. The molecule has 0 aliphatic heterocycles. The summed E-state index contributed by atoms with van der Waals surface area (Å²) in [5.74, 6) is -2.04. The Labute approximate surface area is 582 Å². The van der Waals surface area contributed by atoms with Crippen LogP contribution in [0.2, 0.25) is 0 Å². The van der Waals surface area contributed by atoms with Crippen LogP contribution in [0.3, 0.4) is 0 Å². The van der Waals surface area contributed by atoms with Crippen LogP contribution >= 0.6 is 0 Å². The summed E-state index contributed by atoms with van der Waals surface area (Å²) in [6, 6.07) is 0. The molecule has 0 aromatic heterocycles. The van der Waals surface area contributed by atoms with Crippen molar-refractivity contribution in [3.8, 4) is 0 Å². The topological polar surface area (TPSA) is 108 Å². The third kappa shape index (κ3) is 75.4. The van der Waals surface area contributed by atoms with E-state index in [-0.39, 0.29) is 38.6 Å². The number of carboxylic acids is 1. The van der Waals surface area contributed by atoms with Crippen molar-refractivity contribution in [2.45, 2.75) is 283 Å². The highest BCUT2D eigenvalue weighted by molar-refractivity contribution is 5.71. The molecule has 0 fully saturated rings. The zero-order chi connectivity index (χ0) is 69.0. The zero-order valence-corrected chi connectivity index (χ0v) is 61.0. The standard InChI is InChI=1S/C86H137NO8/c1-6-8-10-12-14-16-18-20-22-24-26-28-30-32-34-36-38-40-41-42-43-45-47-49-51-53-55-57-59-61-63-65-67-69-71-73-75-77-84(89)95-82(81-94-86(85(90)91)92-79-78-87(3,4)5)80-93-83(88)76-74-72-70-68-66-64-62-60-58-56-54-52-50-48-46-44-39-37-35-33-31-29-27-25-23-21-19-17-15-13-11-9-7-2/h8-11,14-17,20-23,26-29,32-35,38-40,42-44,47,49,53,55,59,61,82,86H,6-7,12-13,18-19,24-25,30-31,36-37,41,45-46,48,50-52,54,56-58,60,62-81H2,1-5H3/p+1/b10-8-,11-9-,16-14-,17-15-,22-20-,23-21-,28-26-,29-27-,34-32-,35-33-,40-38-,43-42-,44-39-,49-47-,55-53-,61-59-. The normalized spacial score (nSPS) is 13.8. The van der Waals surface area contributed by atoms with Gasteiger partial charge in [0.1, 0.15) is 13.2 Å². The Hall–Kier alpha value is -5.87. The van der Waals surface area contributed by atoms with Crippen molar-refractivity contribution >= 4 is 17.9 Å². The zero-order valence-electron chi connectivity index (χ0n) is 61.0. The molecule has 0 saturated heterocycles. The van der Waals surface area contributed by atoms with Gasteiger partial charge in [-0.05, 0) is 141 Å². The Kier molecular flexibility index (Phi) is 69.4. The summed E-state index contributed by atoms with van der Waals surface area (Å²) in [5, 5.41) is 9.76. The van der Waals surface area contributed by atoms with Crippen molar-refractivity contribution in [3.63, 3.8) is 0 Å². The van der Waals surface area contributed by atoms with Gasteiger partial charge in [0.15, 0.2) is 6.10 Å². The number of rotatable bonds is 67. The number of hydrogen-bond acceptors (Lipinski definition) is 7. The molecule has 2 unspecified atom stereocenters. The van der Waals surface area contributed by atoms with Crippen LogP contribution in [-0.2, 0) is 33.3 Å². The minimum atomic E-state index is -1.53. The van der Waals surface area contributed by atoms with E-state index in [0.717, 1.165) is 161 Å². The van der Waals surface area contributed by atoms with Gasteiger partial charge in [0.2, 0.25) is 0 Å². The maximum absolute atomic E-state index is 13.0. The molecule has 0 amide bonds. The molecule has 534 valence electrons. The molecule has 0 aromatic rings. The first-order valence-corrected chi connectivity index (χ1v) is 37.6. The molecular weight excluding hydrogens is 1170 g/mol. The number of carbonyl (C=O) groups excluding carboxylic acids is 2. The molecule has 0 bridgehead atoms. The molecule has 0 aliphatic rings. The van der Waals surface area contributed by atoms with Gasteiger partial charge in [0, 0.05) is 12.8 Å². The van der Waals surface area contributed by atoms with E-state index in [0.29, 0.717) is 17.4 Å². The molecule has 0 spiro atoms. The van der Waals surface area contributed by atoms with E-state index in [1.165, 1.54) is 77.0 Å². The summed E-state index contributed by atoms with van der Waals surface area (Å²) in [6.07, 6.45) is 111. The highest BCUT2D eigenvalue weighted by atomic mass is 16.7. The number of aliphatic carboxylic acids is 1. The molecule has 0 aromatic carbocycles. The summed E-state index contributed by atoms with van der Waals surface area (Å²) in [4.78, 5) is 37.7. The number of hydrogen-bond donors (Lipinski definition) is 1. The SMILES string of the molecule is CC/C=C\C/C=C\C/C=C\C/C=C\C/C=C\C/C=C\C/C=C\C/C=C\C/C=C\C/C=C\CCCCCCCCC(=O)OC(COC(=O)CCCCCCCCCCCCCCCC/C=C\C/C=C\C/C=C\C/C=C\C/C=C\C/C=C\CC)COC(OCC[N+](C)(C)C)C(=O)O. The minimum Gasteiger partial charge on any atom is -0.477 e. The number of quaternary nitrogens is 1. The molecule has 1 N–H and O–H groups in total. The van der Waals surface area contributed by atoms with Crippen molar-refractivity contribution in [1.82, 2.24) is 0 Å². The van der Waals surface area contributed by atoms with Crippen LogP contribution in [-0.4, -0.2) is 87.4 Å². The first kappa shape index (κ1) is 89.1. The average molecular weight is 1310 g/mol. The van der Waals surface area contributed by atoms with Gasteiger partial charge >= 0.3 is 17.9 Å². The van der Waals surface area contributed by atoms with Crippen molar-refractivity contribution < 1.29 is 42.9 Å². The Balaban J connectivity index is 4.19. The summed E-state index contributed by atoms with van der Waals surface area (Å²) in [7, 11) is 5.96. The smallest absolute Gasteiger partial charge is 0.361 e. The van der Waals surface area contributed by atoms with E-state index in [4.69, 9.17) is 18.9 Å². The molecule has 2 atom stereocenters. The van der Waals surface area contributed by atoms with E-state index < -0.39 is 24.3 Å². The molecule has 0 aliphatic carbocycles. The first-order chi connectivity index (χ1) is 46.6. The van der Waals surface area contributed by atoms with Crippen molar-refractivity contribution in [2.75, 3.05) is 47.5 Å². The fourth-order valence-corrected chi connectivity index (χ4v) is 9.69. The molecule has 0 saturated carbocycles. The molecule has 9 nitrogen and oxygen atoms in total. The number of ether oxygens (including phenoxy) is 4. The van der Waals surface area contributed by atoms with Gasteiger partial charge in [0.05, 0.1) is 34.4 Å². The number of unbranched alkanes of at least 4 members (excludes halogenated alkanes) is 20. The van der Waals surface area contributed by atoms with Crippen molar-refractivity contribution in [1.29, 1.82) is 0 Å². The van der Waals surface area contributed by atoms with Crippen LogP contribution in [0.1, 0.15) is 271 Å². The van der Waals surface area contributed by atoms with E-state index in [2.05, 4.69) is 208 Å². The largest absolute Gasteiger partial charge is 0.477 e. The van der Waals surface area contributed by atoms with Crippen LogP contribution in [0.5, 0.6) is 0 Å². The van der Waals surface area contributed by atoms with E-state index >= 15 is 0 Å². The number of carboxylic acid groups (broad SMARTS) is 1. The quantitative estimate of drug-likeness (QED) is 0.0211. The first-order valence-electron chi connectivity index (χ1n) is 37.6. The summed E-state index contributed by atoms with van der Waals surface area (Å²) in [5.41, 5.74) is 0. The monoisotopic (exact) mass is 1310 g/mol. The van der Waals surface area contributed by atoms with Crippen LogP contribution in [0.15, 0.2) is 194 Å². The van der Waals surface area contributed by atoms with Crippen LogP contribution in [0, 0.1) is 0 Å². The highest BCUT2D eigenvalue weighted by Gasteiger charge is 2.25. The van der Waals surface area contributed by atoms with Gasteiger partial charge in [-0.15, -0.1) is 0 Å². The average Bonchev–Trinajstić information content (AvgIpc) is 3.75. The maximum Gasteiger partial charge on any atom is 0.361 e. The second kappa shape index (κ2) is 73.9. The summed E-state index contributed by atoms with van der Waals surface area (Å²) >= 11 is 0. The Morgan fingerprint density at radius 1 is 0.316 bits per heavy atom. The Morgan fingerprint density at radius 2 is 0.568 bits per heavy atom. The second-order valence-corrected chi connectivity index (χ2v) is 25.5. The Bertz CT molecular complexity index is 2270. The second-order valence-electron chi connectivity index (χ2n) is 25.5.